The van der Waals surface area contributed by atoms with E-state index in [0.717, 1.165) is 5.56 Å². The summed E-state index contributed by atoms with van der Waals surface area (Å²) < 4.78 is 0. The zero-order chi connectivity index (χ0) is 14.7. The minimum absolute atomic E-state index is 0.160. The SMILES string of the molecule is CC(c1ccccc1Cl)N(C)C(=O)c1cnccc1Cl. The molecule has 0 aliphatic carbocycles. The zero-order valence-corrected chi connectivity index (χ0v) is 12.7. The Labute approximate surface area is 128 Å². The Kier molecular flexibility index (Phi) is 4.63. The van der Waals surface area contributed by atoms with Gasteiger partial charge in [-0.25, -0.2) is 0 Å². The number of benzene rings is 1. The third-order valence-corrected chi connectivity index (χ3v) is 3.93. The molecule has 0 spiro atoms. The lowest BCUT2D eigenvalue weighted by Gasteiger charge is -2.26. The number of pyridine rings is 1. The van der Waals surface area contributed by atoms with Gasteiger partial charge in [-0.15, -0.1) is 0 Å². The highest BCUT2D eigenvalue weighted by atomic mass is 35.5. The van der Waals surface area contributed by atoms with Gasteiger partial charge in [0.1, 0.15) is 0 Å². The highest BCUT2D eigenvalue weighted by Crippen LogP contribution is 2.28. The van der Waals surface area contributed by atoms with Gasteiger partial charge in [-0.2, -0.15) is 0 Å². The molecule has 1 atom stereocenters. The van der Waals surface area contributed by atoms with Crippen LogP contribution in [0.5, 0.6) is 0 Å². The van der Waals surface area contributed by atoms with E-state index in [1.54, 1.807) is 24.2 Å². The number of halogens is 2. The Bertz CT molecular complexity index is 631. The minimum Gasteiger partial charge on any atom is -0.335 e. The number of rotatable bonds is 3. The first-order valence-corrected chi connectivity index (χ1v) is 6.89. The first-order valence-electron chi connectivity index (χ1n) is 6.13. The Morgan fingerprint density at radius 1 is 1.20 bits per heavy atom. The molecular weight excluding hydrogens is 295 g/mol. The van der Waals surface area contributed by atoms with E-state index < -0.39 is 0 Å². The predicted octanol–water partition coefficient (Wildman–Crippen LogP) is 4.22. The summed E-state index contributed by atoms with van der Waals surface area (Å²) in [6.07, 6.45) is 3.02. The van der Waals surface area contributed by atoms with Gasteiger partial charge < -0.3 is 4.90 Å². The molecule has 2 aromatic rings. The molecular formula is C15H14Cl2N2O. The topological polar surface area (TPSA) is 33.2 Å². The van der Waals surface area contributed by atoms with E-state index in [2.05, 4.69) is 4.98 Å². The molecule has 3 nitrogen and oxygen atoms in total. The first-order chi connectivity index (χ1) is 9.52. The molecule has 0 saturated heterocycles. The van der Waals surface area contributed by atoms with Crippen LogP contribution in [0.15, 0.2) is 42.7 Å². The maximum atomic E-state index is 12.4. The largest absolute Gasteiger partial charge is 0.335 e. The monoisotopic (exact) mass is 308 g/mol. The highest BCUT2D eigenvalue weighted by Gasteiger charge is 2.22. The van der Waals surface area contributed by atoms with Gasteiger partial charge in [0.2, 0.25) is 0 Å². The van der Waals surface area contributed by atoms with Gasteiger partial charge in [-0.3, -0.25) is 9.78 Å². The summed E-state index contributed by atoms with van der Waals surface area (Å²) in [5.74, 6) is -0.185. The van der Waals surface area contributed by atoms with Crippen molar-refractivity contribution >= 4 is 29.1 Å². The molecule has 5 heteroatoms. The normalized spacial score (nSPS) is 12.0. The molecule has 0 radical (unpaired) electrons. The summed E-state index contributed by atoms with van der Waals surface area (Å²) in [4.78, 5) is 18.0. The molecule has 1 amide bonds. The number of carbonyl (C=O) groups excluding carboxylic acids is 1. The lowest BCUT2D eigenvalue weighted by Crippen LogP contribution is -2.30. The van der Waals surface area contributed by atoms with Crippen LogP contribution in [0.4, 0.5) is 0 Å². The maximum Gasteiger partial charge on any atom is 0.257 e. The fourth-order valence-electron chi connectivity index (χ4n) is 1.92. The van der Waals surface area contributed by atoms with E-state index in [9.17, 15) is 4.79 Å². The molecule has 1 heterocycles. The molecule has 0 fully saturated rings. The zero-order valence-electron chi connectivity index (χ0n) is 11.2. The molecule has 1 aromatic heterocycles. The Morgan fingerprint density at radius 3 is 2.55 bits per heavy atom. The summed E-state index contributed by atoms with van der Waals surface area (Å²) in [5.41, 5.74) is 1.28. The molecule has 104 valence electrons. The lowest BCUT2D eigenvalue weighted by molar-refractivity contribution is 0.0742. The van der Waals surface area contributed by atoms with Crippen LogP contribution >= 0.6 is 23.2 Å². The molecule has 0 bridgehead atoms. The van der Waals surface area contributed by atoms with Gasteiger partial charge in [0.05, 0.1) is 16.6 Å². The molecule has 1 aromatic carbocycles. The fraction of sp³-hybridized carbons (Fsp3) is 0.200. The summed E-state index contributed by atoms with van der Waals surface area (Å²) in [6.45, 7) is 1.92. The second-order valence-corrected chi connectivity index (χ2v) is 5.28. The number of amides is 1. The third kappa shape index (κ3) is 2.94. The Hall–Kier alpha value is -1.58. The van der Waals surface area contributed by atoms with E-state index in [0.29, 0.717) is 15.6 Å². The van der Waals surface area contributed by atoms with Crippen LogP contribution in [0.1, 0.15) is 28.9 Å². The van der Waals surface area contributed by atoms with Crippen LogP contribution in [0.25, 0.3) is 0 Å². The van der Waals surface area contributed by atoms with Crippen LogP contribution in [-0.2, 0) is 0 Å². The molecule has 2 rings (SSSR count). The minimum atomic E-state index is -0.185. The maximum absolute atomic E-state index is 12.4. The number of carbonyl (C=O) groups is 1. The van der Waals surface area contributed by atoms with Gasteiger partial charge in [-0.1, -0.05) is 41.4 Å². The van der Waals surface area contributed by atoms with E-state index >= 15 is 0 Å². The van der Waals surface area contributed by atoms with Gasteiger partial charge >= 0.3 is 0 Å². The van der Waals surface area contributed by atoms with Crippen molar-refractivity contribution in [3.05, 3.63) is 63.9 Å². The van der Waals surface area contributed by atoms with Gasteiger partial charge in [-0.05, 0) is 24.6 Å². The number of aromatic nitrogens is 1. The summed E-state index contributed by atoms with van der Waals surface area (Å²) in [5, 5.41) is 1.03. The molecule has 0 N–H and O–H groups in total. The molecule has 0 aliphatic heterocycles. The molecule has 20 heavy (non-hydrogen) atoms. The standard InChI is InChI=1S/C15H14Cl2N2O/c1-10(11-5-3-4-6-13(11)16)19(2)15(20)12-9-18-8-7-14(12)17/h3-10H,1-2H3. The van der Waals surface area contributed by atoms with Crippen molar-refractivity contribution < 1.29 is 4.79 Å². The van der Waals surface area contributed by atoms with Crippen molar-refractivity contribution in [3.8, 4) is 0 Å². The van der Waals surface area contributed by atoms with Gasteiger partial charge in [0.25, 0.3) is 5.91 Å². The van der Waals surface area contributed by atoms with Crippen LogP contribution in [-0.4, -0.2) is 22.8 Å². The molecule has 0 aliphatic rings. The molecule has 0 saturated carbocycles. The Morgan fingerprint density at radius 2 is 1.90 bits per heavy atom. The second kappa shape index (κ2) is 6.25. The van der Waals surface area contributed by atoms with E-state index in [4.69, 9.17) is 23.2 Å². The van der Waals surface area contributed by atoms with Crippen molar-refractivity contribution in [2.75, 3.05) is 7.05 Å². The fourth-order valence-corrected chi connectivity index (χ4v) is 2.40. The van der Waals surface area contributed by atoms with Crippen molar-refractivity contribution in [3.63, 3.8) is 0 Å². The summed E-state index contributed by atoms with van der Waals surface area (Å²) in [6, 6.07) is 8.91. The Balaban J connectivity index is 2.28. The van der Waals surface area contributed by atoms with Crippen LogP contribution in [0, 0.1) is 0 Å². The third-order valence-electron chi connectivity index (χ3n) is 3.25. The lowest BCUT2D eigenvalue weighted by atomic mass is 10.1. The van der Waals surface area contributed by atoms with Crippen molar-refractivity contribution in [2.45, 2.75) is 13.0 Å². The van der Waals surface area contributed by atoms with Crippen molar-refractivity contribution in [2.24, 2.45) is 0 Å². The van der Waals surface area contributed by atoms with Crippen molar-refractivity contribution in [1.29, 1.82) is 0 Å². The van der Waals surface area contributed by atoms with E-state index in [-0.39, 0.29) is 11.9 Å². The highest BCUT2D eigenvalue weighted by molar-refractivity contribution is 6.33. The molecule has 1 unspecified atom stereocenters. The number of nitrogens with zero attached hydrogens (tertiary/aromatic N) is 2. The van der Waals surface area contributed by atoms with Crippen molar-refractivity contribution in [1.82, 2.24) is 9.88 Å². The average molecular weight is 309 g/mol. The summed E-state index contributed by atoms with van der Waals surface area (Å²) >= 11 is 12.2. The predicted molar refractivity (Wildman–Crippen MR) is 81.2 cm³/mol. The van der Waals surface area contributed by atoms with Crippen LogP contribution in [0.2, 0.25) is 10.0 Å². The van der Waals surface area contributed by atoms with Gasteiger partial charge in [0, 0.05) is 24.5 Å². The van der Waals surface area contributed by atoms with E-state index in [1.807, 2.05) is 31.2 Å². The summed E-state index contributed by atoms with van der Waals surface area (Å²) in [7, 11) is 1.72. The quantitative estimate of drug-likeness (QED) is 0.850. The van der Waals surface area contributed by atoms with Crippen LogP contribution in [0.3, 0.4) is 0 Å². The second-order valence-electron chi connectivity index (χ2n) is 4.47. The number of hydrogen-bond acceptors (Lipinski definition) is 2. The smallest absolute Gasteiger partial charge is 0.257 e. The van der Waals surface area contributed by atoms with Crippen LogP contribution < -0.4 is 0 Å². The average Bonchev–Trinajstić information content (AvgIpc) is 2.46. The van der Waals surface area contributed by atoms with E-state index in [1.165, 1.54) is 6.20 Å². The number of hydrogen-bond donors (Lipinski definition) is 0. The van der Waals surface area contributed by atoms with Gasteiger partial charge in [0.15, 0.2) is 0 Å². The first kappa shape index (κ1) is 14.8.